The van der Waals surface area contributed by atoms with Crippen molar-refractivity contribution in [3.05, 3.63) is 28.2 Å². The summed E-state index contributed by atoms with van der Waals surface area (Å²) < 4.78 is 5.67. The first kappa shape index (κ1) is 13.0. The standard InChI is InChI=1S/C12H16BrNO2/c1-8-5-6-10(9(13)7-8)14-12(2,3)11(15)16-4/h5-7,14H,1-4H3. The van der Waals surface area contributed by atoms with E-state index in [0.717, 1.165) is 15.7 Å². The van der Waals surface area contributed by atoms with Crippen molar-refractivity contribution in [1.82, 2.24) is 0 Å². The van der Waals surface area contributed by atoms with Gasteiger partial charge < -0.3 is 10.1 Å². The lowest BCUT2D eigenvalue weighted by Gasteiger charge is -2.25. The molecule has 0 aliphatic rings. The molecule has 0 amide bonds. The molecule has 4 heteroatoms. The molecule has 0 heterocycles. The summed E-state index contributed by atoms with van der Waals surface area (Å²) in [5.41, 5.74) is 1.29. The second-order valence-electron chi connectivity index (χ2n) is 4.22. The molecule has 0 unspecified atom stereocenters. The first-order chi connectivity index (χ1) is 7.36. The summed E-state index contributed by atoms with van der Waals surface area (Å²) in [5.74, 6) is -0.292. The van der Waals surface area contributed by atoms with Gasteiger partial charge in [-0.1, -0.05) is 6.07 Å². The van der Waals surface area contributed by atoms with Crippen LogP contribution in [0.1, 0.15) is 19.4 Å². The highest BCUT2D eigenvalue weighted by Gasteiger charge is 2.28. The zero-order valence-electron chi connectivity index (χ0n) is 9.93. The van der Waals surface area contributed by atoms with Gasteiger partial charge in [-0.25, -0.2) is 4.79 Å². The van der Waals surface area contributed by atoms with Crippen LogP contribution >= 0.6 is 15.9 Å². The molecular weight excluding hydrogens is 270 g/mol. The highest BCUT2D eigenvalue weighted by atomic mass is 79.9. The Balaban J connectivity index is 2.92. The van der Waals surface area contributed by atoms with Gasteiger partial charge in [0, 0.05) is 10.2 Å². The van der Waals surface area contributed by atoms with E-state index in [1.54, 1.807) is 13.8 Å². The number of halogens is 1. The fraction of sp³-hybridized carbons (Fsp3) is 0.417. The van der Waals surface area contributed by atoms with Gasteiger partial charge in [0.1, 0.15) is 5.54 Å². The summed E-state index contributed by atoms with van der Waals surface area (Å²) in [4.78, 5) is 11.5. The summed E-state index contributed by atoms with van der Waals surface area (Å²) in [6.45, 7) is 5.58. The number of ether oxygens (including phenoxy) is 1. The van der Waals surface area contributed by atoms with Crippen molar-refractivity contribution in [2.45, 2.75) is 26.3 Å². The molecule has 0 fully saturated rings. The van der Waals surface area contributed by atoms with Crippen LogP contribution in [0.3, 0.4) is 0 Å². The second kappa shape index (κ2) is 4.87. The SMILES string of the molecule is COC(=O)C(C)(C)Nc1ccc(C)cc1Br. The summed E-state index contributed by atoms with van der Waals surface area (Å²) >= 11 is 3.46. The first-order valence-corrected chi connectivity index (χ1v) is 5.79. The molecule has 16 heavy (non-hydrogen) atoms. The molecule has 3 nitrogen and oxygen atoms in total. The van der Waals surface area contributed by atoms with Gasteiger partial charge in [-0.3, -0.25) is 0 Å². The third kappa shape index (κ3) is 2.98. The Morgan fingerprint density at radius 2 is 2.06 bits per heavy atom. The fourth-order valence-corrected chi connectivity index (χ4v) is 1.96. The maximum absolute atomic E-state index is 11.5. The van der Waals surface area contributed by atoms with Crippen molar-refractivity contribution in [2.24, 2.45) is 0 Å². The number of anilines is 1. The topological polar surface area (TPSA) is 38.3 Å². The molecule has 1 N–H and O–H groups in total. The van der Waals surface area contributed by atoms with Crippen molar-refractivity contribution < 1.29 is 9.53 Å². The van der Waals surface area contributed by atoms with Crippen molar-refractivity contribution in [3.63, 3.8) is 0 Å². The van der Waals surface area contributed by atoms with Crippen molar-refractivity contribution in [3.8, 4) is 0 Å². The number of nitrogens with one attached hydrogen (secondary N) is 1. The third-order valence-corrected chi connectivity index (χ3v) is 2.92. The highest BCUT2D eigenvalue weighted by molar-refractivity contribution is 9.10. The maximum atomic E-state index is 11.5. The predicted molar refractivity (Wildman–Crippen MR) is 68.6 cm³/mol. The quantitative estimate of drug-likeness (QED) is 0.868. The second-order valence-corrected chi connectivity index (χ2v) is 5.08. The number of methoxy groups -OCH3 is 1. The van der Waals surface area contributed by atoms with Crippen LogP contribution in [0.25, 0.3) is 0 Å². The van der Waals surface area contributed by atoms with Crippen LogP contribution in [0.2, 0.25) is 0 Å². The minimum atomic E-state index is -0.744. The number of esters is 1. The zero-order chi connectivity index (χ0) is 12.3. The van der Waals surface area contributed by atoms with E-state index >= 15 is 0 Å². The molecule has 0 spiro atoms. The van der Waals surface area contributed by atoms with E-state index in [1.807, 2.05) is 25.1 Å². The molecule has 0 aliphatic heterocycles. The van der Waals surface area contributed by atoms with E-state index in [4.69, 9.17) is 4.74 Å². The number of rotatable bonds is 3. The minimum Gasteiger partial charge on any atom is -0.467 e. The number of carbonyl (C=O) groups excluding carboxylic acids is 1. The zero-order valence-corrected chi connectivity index (χ0v) is 11.5. The smallest absolute Gasteiger partial charge is 0.330 e. The maximum Gasteiger partial charge on any atom is 0.330 e. The van der Waals surface area contributed by atoms with Gasteiger partial charge in [0.15, 0.2) is 0 Å². The molecule has 88 valence electrons. The fourth-order valence-electron chi connectivity index (χ4n) is 1.36. The molecule has 0 aliphatic carbocycles. The van der Waals surface area contributed by atoms with Gasteiger partial charge in [-0.05, 0) is 54.4 Å². The molecule has 1 aromatic rings. The van der Waals surface area contributed by atoms with E-state index in [1.165, 1.54) is 7.11 Å². The molecule has 0 aromatic heterocycles. The Morgan fingerprint density at radius 1 is 1.44 bits per heavy atom. The van der Waals surface area contributed by atoms with Crippen LogP contribution < -0.4 is 5.32 Å². The minimum absolute atomic E-state index is 0.292. The van der Waals surface area contributed by atoms with Gasteiger partial charge in [0.2, 0.25) is 0 Å². The molecule has 0 saturated heterocycles. The molecule has 0 saturated carbocycles. The Kier molecular flexibility index (Phi) is 3.97. The van der Waals surface area contributed by atoms with Crippen molar-refractivity contribution in [1.29, 1.82) is 0 Å². The Labute approximate surface area is 104 Å². The Bertz CT molecular complexity index is 402. The monoisotopic (exact) mass is 285 g/mol. The number of hydrogen-bond donors (Lipinski definition) is 1. The molecule has 0 bridgehead atoms. The van der Waals surface area contributed by atoms with Gasteiger partial charge in [-0.15, -0.1) is 0 Å². The molecule has 0 atom stereocenters. The number of carbonyl (C=O) groups is 1. The van der Waals surface area contributed by atoms with Crippen LogP contribution in [0.15, 0.2) is 22.7 Å². The molecule has 0 radical (unpaired) electrons. The predicted octanol–water partition coefficient (Wildman–Crippen LogP) is 3.12. The van der Waals surface area contributed by atoms with Crippen LogP contribution in [0.5, 0.6) is 0 Å². The first-order valence-electron chi connectivity index (χ1n) is 4.99. The molecule has 1 rings (SSSR count). The van der Waals surface area contributed by atoms with Crippen molar-refractivity contribution in [2.75, 3.05) is 12.4 Å². The van der Waals surface area contributed by atoms with E-state index in [-0.39, 0.29) is 5.97 Å². The number of benzene rings is 1. The third-order valence-electron chi connectivity index (χ3n) is 2.27. The molecular formula is C12H16BrNO2. The van der Waals surface area contributed by atoms with Gasteiger partial charge in [0.25, 0.3) is 0 Å². The normalized spacial score (nSPS) is 11.1. The van der Waals surface area contributed by atoms with E-state index < -0.39 is 5.54 Å². The highest BCUT2D eigenvalue weighted by Crippen LogP contribution is 2.26. The Morgan fingerprint density at radius 3 is 2.56 bits per heavy atom. The lowest BCUT2D eigenvalue weighted by atomic mass is 10.1. The lowest BCUT2D eigenvalue weighted by molar-refractivity contribution is -0.144. The average molecular weight is 286 g/mol. The van der Waals surface area contributed by atoms with Crippen LogP contribution in [0, 0.1) is 6.92 Å². The average Bonchev–Trinajstić information content (AvgIpc) is 2.21. The van der Waals surface area contributed by atoms with Crippen LogP contribution in [-0.4, -0.2) is 18.6 Å². The van der Waals surface area contributed by atoms with Crippen LogP contribution in [-0.2, 0) is 9.53 Å². The summed E-state index contributed by atoms with van der Waals surface area (Å²) in [7, 11) is 1.38. The van der Waals surface area contributed by atoms with Gasteiger partial charge in [0.05, 0.1) is 7.11 Å². The van der Waals surface area contributed by atoms with E-state index in [0.29, 0.717) is 0 Å². The largest absolute Gasteiger partial charge is 0.467 e. The summed E-state index contributed by atoms with van der Waals surface area (Å²) in [6.07, 6.45) is 0. The number of hydrogen-bond acceptors (Lipinski definition) is 3. The van der Waals surface area contributed by atoms with E-state index in [9.17, 15) is 4.79 Å². The van der Waals surface area contributed by atoms with Gasteiger partial charge >= 0.3 is 5.97 Å². The Hall–Kier alpha value is -1.03. The van der Waals surface area contributed by atoms with Crippen LogP contribution in [0.4, 0.5) is 5.69 Å². The van der Waals surface area contributed by atoms with Gasteiger partial charge in [-0.2, -0.15) is 0 Å². The lowest BCUT2D eigenvalue weighted by Crippen LogP contribution is -2.41. The van der Waals surface area contributed by atoms with Crippen molar-refractivity contribution >= 4 is 27.6 Å². The van der Waals surface area contributed by atoms with E-state index in [2.05, 4.69) is 21.2 Å². The molecule has 1 aromatic carbocycles. The summed E-state index contributed by atoms with van der Waals surface area (Å²) in [6, 6.07) is 5.92. The number of aryl methyl sites for hydroxylation is 1. The summed E-state index contributed by atoms with van der Waals surface area (Å²) in [5, 5.41) is 3.14.